The van der Waals surface area contributed by atoms with Gasteiger partial charge in [-0.05, 0) is 79.7 Å². The van der Waals surface area contributed by atoms with Gasteiger partial charge in [0.15, 0.2) is 0 Å². The normalized spacial score (nSPS) is 14.7. The van der Waals surface area contributed by atoms with Gasteiger partial charge in [-0.3, -0.25) is 9.69 Å². The van der Waals surface area contributed by atoms with Crippen LogP contribution in [-0.4, -0.2) is 44.3 Å². The first-order valence-electron chi connectivity index (χ1n) is 12.0. The second kappa shape index (κ2) is 12.2. The van der Waals surface area contributed by atoms with Gasteiger partial charge in [-0.1, -0.05) is 42.5 Å². The van der Waals surface area contributed by atoms with Gasteiger partial charge in [0, 0.05) is 17.7 Å². The minimum Gasteiger partial charge on any atom is -0.497 e. The molecule has 0 unspecified atom stereocenters. The van der Waals surface area contributed by atoms with Crippen molar-refractivity contribution in [3.63, 3.8) is 0 Å². The van der Waals surface area contributed by atoms with Gasteiger partial charge < -0.3 is 9.47 Å². The number of amides is 1. The Morgan fingerprint density at radius 2 is 1.71 bits per heavy atom. The predicted molar refractivity (Wildman–Crippen MR) is 139 cm³/mol. The Kier molecular flexibility index (Phi) is 8.52. The van der Waals surface area contributed by atoms with Crippen LogP contribution in [0.15, 0.2) is 77.9 Å². The number of hydrazone groups is 1. The monoisotopic (exact) mass is 471 g/mol. The first-order chi connectivity index (χ1) is 17.1. The lowest BCUT2D eigenvalue weighted by molar-refractivity contribution is 0.0955. The third kappa shape index (κ3) is 6.93. The van der Waals surface area contributed by atoms with Gasteiger partial charge in [0.2, 0.25) is 0 Å². The number of hydrogen-bond donors (Lipinski definition) is 1. The summed E-state index contributed by atoms with van der Waals surface area (Å²) in [5.74, 6) is 1.85. The van der Waals surface area contributed by atoms with Gasteiger partial charge in [0.05, 0.1) is 20.4 Å². The molecule has 0 radical (unpaired) electrons. The van der Waals surface area contributed by atoms with Crippen molar-refractivity contribution in [1.82, 2.24) is 10.3 Å². The molecule has 1 aliphatic heterocycles. The summed E-state index contributed by atoms with van der Waals surface area (Å²) in [5.41, 5.74) is 6.53. The second-order valence-corrected chi connectivity index (χ2v) is 8.91. The number of methoxy groups -OCH3 is 2. The largest absolute Gasteiger partial charge is 0.497 e. The average molecular weight is 472 g/mol. The van der Waals surface area contributed by atoms with E-state index in [-0.39, 0.29) is 5.91 Å². The van der Waals surface area contributed by atoms with E-state index in [1.807, 2.05) is 30.3 Å². The van der Waals surface area contributed by atoms with E-state index < -0.39 is 0 Å². The van der Waals surface area contributed by atoms with Gasteiger partial charge in [-0.25, -0.2) is 5.43 Å². The third-order valence-corrected chi connectivity index (χ3v) is 6.50. The zero-order chi connectivity index (χ0) is 24.5. The lowest BCUT2D eigenvalue weighted by Gasteiger charge is -2.32. The number of likely N-dealkylation sites (tertiary alicyclic amines) is 1. The van der Waals surface area contributed by atoms with Crippen molar-refractivity contribution in [2.75, 3.05) is 27.3 Å². The molecule has 6 nitrogen and oxygen atoms in total. The molecule has 6 heteroatoms. The number of carbonyl (C=O) groups excluding carboxylic acids is 1. The molecule has 182 valence electrons. The van der Waals surface area contributed by atoms with E-state index >= 15 is 0 Å². The number of rotatable bonds is 9. The van der Waals surface area contributed by atoms with Crippen molar-refractivity contribution in [2.45, 2.75) is 25.8 Å². The maximum atomic E-state index is 12.5. The number of ether oxygens (including phenoxy) is 2. The fraction of sp³-hybridized carbons (Fsp3) is 0.310. The van der Waals surface area contributed by atoms with Crippen LogP contribution in [0.3, 0.4) is 0 Å². The van der Waals surface area contributed by atoms with Crippen LogP contribution in [0.2, 0.25) is 0 Å². The molecule has 1 N–H and O–H groups in total. The van der Waals surface area contributed by atoms with Crippen LogP contribution in [0, 0.1) is 5.92 Å². The fourth-order valence-corrected chi connectivity index (χ4v) is 4.48. The van der Waals surface area contributed by atoms with Crippen molar-refractivity contribution < 1.29 is 14.3 Å². The summed E-state index contributed by atoms with van der Waals surface area (Å²) >= 11 is 0. The number of benzene rings is 3. The van der Waals surface area contributed by atoms with Gasteiger partial charge in [0.25, 0.3) is 5.91 Å². The maximum absolute atomic E-state index is 12.5. The molecule has 35 heavy (non-hydrogen) atoms. The molecule has 0 aliphatic carbocycles. The Morgan fingerprint density at radius 3 is 2.40 bits per heavy atom. The van der Waals surface area contributed by atoms with E-state index in [2.05, 4.69) is 45.8 Å². The van der Waals surface area contributed by atoms with Crippen LogP contribution in [-0.2, 0) is 13.0 Å². The third-order valence-electron chi connectivity index (χ3n) is 6.50. The number of piperidine rings is 1. The quantitative estimate of drug-likeness (QED) is 0.355. The summed E-state index contributed by atoms with van der Waals surface area (Å²) in [6.45, 7) is 3.14. The predicted octanol–water partition coefficient (Wildman–Crippen LogP) is 4.92. The van der Waals surface area contributed by atoms with Crippen LogP contribution >= 0.6 is 0 Å². The van der Waals surface area contributed by atoms with E-state index in [1.54, 1.807) is 32.6 Å². The molecular formula is C29H33N3O3. The van der Waals surface area contributed by atoms with Crippen molar-refractivity contribution in [2.24, 2.45) is 11.0 Å². The second-order valence-electron chi connectivity index (χ2n) is 8.91. The van der Waals surface area contributed by atoms with E-state index in [1.165, 1.54) is 30.4 Å². The van der Waals surface area contributed by atoms with Crippen molar-refractivity contribution in [3.05, 3.63) is 95.1 Å². The Hall–Kier alpha value is -3.64. The summed E-state index contributed by atoms with van der Waals surface area (Å²) < 4.78 is 10.6. The fourth-order valence-electron chi connectivity index (χ4n) is 4.48. The highest BCUT2D eigenvalue weighted by Gasteiger charge is 2.19. The van der Waals surface area contributed by atoms with Crippen molar-refractivity contribution in [3.8, 4) is 11.5 Å². The van der Waals surface area contributed by atoms with Gasteiger partial charge in [-0.2, -0.15) is 5.10 Å². The highest BCUT2D eigenvalue weighted by atomic mass is 16.5. The number of nitrogens with zero attached hydrogens (tertiary/aromatic N) is 2. The Morgan fingerprint density at radius 1 is 0.971 bits per heavy atom. The van der Waals surface area contributed by atoms with E-state index in [4.69, 9.17) is 9.47 Å². The highest BCUT2D eigenvalue weighted by molar-refractivity contribution is 5.95. The topological polar surface area (TPSA) is 63.2 Å². The lowest BCUT2D eigenvalue weighted by Crippen LogP contribution is -2.33. The van der Waals surface area contributed by atoms with Gasteiger partial charge in [0.1, 0.15) is 11.5 Å². The lowest BCUT2D eigenvalue weighted by atomic mass is 9.90. The molecule has 0 atom stereocenters. The SMILES string of the molecule is COc1ccc(OC)c(/C=N\NC(=O)c2ccc(CN3CCC(Cc4ccccc4)CC3)cc2)c1. The van der Waals surface area contributed by atoms with Crippen LogP contribution in [0.1, 0.15) is 39.9 Å². The molecule has 0 bridgehead atoms. The molecule has 1 amide bonds. The maximum Gasteiger partial charge on any atom is 0.271 e. The first kappa shape index (κ1) is 24.5. The summed E-state index contributed by atoms with van der Waals surface area (Å²) in [5, 5.41) is 4.09. The van der Waals surface area contributed by atoms with E-state index in [9.17, 15) is 4.79 Å². The van der Waals surface area contributed by atoms with E-state index in [0.717, 1.165) is 31.1 Å². The molecule has 0 saturated carbocycles. The Bertz CT molecular complexity index is 1120. The van der Waals surface area contributed by atoms with Crippen molar-refractivity contribution >= 4 is 12.1 Å². The van der Waals surface area contributed by atoms with Crippen LogP contribution < -0.4 is 14.9 Å². The Labute approximate surface area is 207 Å². The molecular weight excluding hydrogens is 438 g/mol. The molecule has 4 rings (SSSR count). The molecule has 1 saturated heterocycles. The minimum absolute atomic E-state index is 0.253. The van der Waals surface area contributed by atoms with Crippen LogP contribution in [0.5, 0.6) is 11.5 Å². The first-order valence-corrected chi connectivity index (χ1v) is 12.0. The Balaban J connectivity index is 1.25. The van der Waals surface area contributed by atoms with Gasteiger partial charge in [-0.15, -0.1) is 0 Å². The van der Waals surface area contributed by atoms with Gasteiger partial charge >= 0.3 is 0 Å². The zero-order valence-electron chi connectivity index (χ0n) is 20.4. The summed E-state index contributed by atoms with van der Waals surface area (Å²) in [4.78, 5) is 15.0. The molecule has 3 aromatic carbocycles. The minimum atomic E-state index is -0.253. The number of nitrogens with one attached hydrogen (secondary N) is 1. The zero-order valence-corrected chi connectivity index (χ0v) is 20.4. The molecule has 1 aliphatic rings. The smallest absolute Gasteiger partial charge is 0.271 e. The highest BCUT2D eigenvalue weighted by Crippen LogP contribution is 2.23. The summed E-state index contributed by atoms with van der Waals surface area (Å²) in [6, 6.07) is 24.0. The standard InChI is InChI=1S/C29H33N3O3/c1-34-27-12-13-28(35-2)26(19-27)20-30-31-29(33)25-10-8-24(9-11-25)21-32-16-14-23(15-17-32)18-22-6-4-3-5-7-22/h3-13,19-20,23H,14-18,21H2,1-2H3,(H,31,33)/b30-20-. The van der Waals surface area contributed by atoms with Crippen LogP contribution in [0.4, 0.5) is 0 Å². The molecule has 3 aromatic rings. The average Bonchev–Trinajstić information content (AvgIpc) is 2.90. The summed E-state index contributed by atoms with van der Waals surface area (Å²) in [6.07, 6.45) is 5.18. The van der Waals surface area contributed by atoms with Crippen molar-refractivity contribution in [1.29, 1.82) is 0 Å². The number of carbonyl (C=O) groups is 1. The van der Waals surface area contributed by atoms with E-state index in [0.29, 0.717) is 17.1 Å². The number of hydrogen-bond acceptors (Lipinski definition) is 5. The van der Waals surface area contributed by atoms with Crippen LogP contribution in [0.25, 0.3) is 0 Å². The molecule has 1 heterocycles. The molecule has 0 aromatic heterocycles. The molecule has 1 fully saturated rings. The summed E-state index contributed by atoms with van der Waals surface area (Å²) in [7, 11) is 3.19. The molecule has 0 spiro atoms.